The highest BCUT2D eigenvalue weighted by molar-refractivity contribution is 7.99. The van der Waals surface area contributed by atoms with Crippen LogP contribution in [0.2, 0.25) is 0 Å². The summed E-state index contributed by atoms with van der Waals surface area (Å²) in [4.78, 5) is 11.6. The van der Waals surface area contributed by atoms with E-state index in [0.717, 1.165) is 29.9 Å². The Morgan fingerprint density at radius 2 is 2.05 bits per heavy atom. The number of thioether (sulfide) groups is 1. The first-order chi connectivity index (χ1) is 10.8. The molecule has 0 unspecified atom stereocenters. The Bertz CT molecular complexity index is 636. The van der Waals surface area contributed by atoms with Crippen molar-refractivity contribution in [2.75, 3.05) is 11.5 Å². The molecule has 0 saturated carbocycles. The van der Waals surface area contributed by atoms with Crippen molar-refractivity contribution < 1.29 is 14.6 Å². The molecule has 1 fully saturated rings. The molecule has 0 spiro atoms. The van der Waals surface area contributed by atoms with Gasteiger partial charge in [0.15, 0.2) is 11.4 Å². The molecule has 6 heteroatoms. The van der Waals surface area contributed by atoms with Crippen LogP contribution in [-0.2, 0) is 6.61 Å². The normalized spacial score (nSPS) is 15.6. The van der Waals surface area contributed by atoms with Gasteiger partial charge >= 0.3 is 5.97 Å². The summed E-state index contributed by atoms with van der Waals surface area (Å²) in [6.07, 6.45) is 3.42. The molecule has 0 radical (unpaired) electrons. The second-order valence-electron chi connectivity index (χ2n) is 5.22. The number of rotatable bonds is 5. The topological polar surface area (TPSA) is 64.3 Å². The number of aromatic carboxylic acids is 1. The number of ether oxygens (including phenoxy) is 1. The quantitative estimate of drug-likeness (QED) is 0.917. The molecule has 22 heavy (non-hydrogen) atoms. The monoisotopic (exact) mass is 318 g/mol. The number of carbonyl (C=O) groups is 1. The van der Waals surface area contributed by atoms with E-state index in [1.165, 1.54) is 6.20 Å². The maximum atomic E-state index is 11.6. The largest absolute Gasteiger partial charge is 0.485 e. The highest BCUT2D eigenvalue weighted by Crippen LogP contribution is 2.30. The van der Waals surface area contributed by atoms with E-state index in [1.807, 2.05) is 42.1 Å². The van der Waals surface area contributed by atoms with Crippen LogP contribution in [0.25, 0.3) is 0 Å². The van der Waals surface area contributed by atoms with Gasteiger partial charge in [-0.15, -0.1) is 0 Å². The van der Waals surface area contributed by atoms with Gasteiger partial charge in [0.1, 0.15) is 6.61 Å². The summed E-state index contributed by atoms with van der Waals surface area (Å²) in [6, 6.07) is 9.85. The van der Waals surface area contributed by atoms with Gasteiger partial charge in [0, 0.05) is 0 Å². The summed E-state index contributed by atoms with van der Waals surface area (Å²) >= 11 is 1.90. The van der Waals surface area contributed by atoms with Gasteiger partial charge in [0.2, 0.25) is 0 Å². The number of carboxylic acid groups (broad SMARTS) is 1. The van der Waals surface area contributed by atoms with Crippen molar-refractivity contribution in [3.05, 3.63) is 47.8 Å². The standard InChI is InChI=1S/C16H18N2O3S/c19-16(20)15-14(21-11-12-4-2-1-3-5-12)10-17-18(15)13-6-8-22-9-7-13/h1-5,10,13H,6-9,11H2,(H,19,20). The smallest absolute Gasteiger partial charge is 0.358 e. The van der Waals surface area contributed by atoms with Gasteiger partial charge in [0.05, 0.1) is 12.2 Å². The molecular formula is C16H18N2O3S. The Hall–Kier alpha value is -1.95. The molecule has 0 amide bonds. The number of hydrogen-bond donors (Lipinski definition) is 1. The van der Waals surface area contributed by atoms with E-state index in [1.54, 1.807) is 4.68 Å². The zero-order valence-corrected chi connectivity index (χ0v) is 13.0. The fourth-order valence-corrected chi connectivity index (χ4v) is 3.68. The first-order valence-electron chi connectivity index (χ1n) is 7.31. The van der Waals surface area contributed by atoms with E-state index in [9.17, 15) is 9.90 Å². The zero-order chi connectivity index (χ0) is 15.4. The fourth-order valence-electron chi connectivity index (χ4n) is 2.60. The van der Waals surface area contributed by atoms with Crippen LogP contribution in [-0.4, -0.2) is 32.4 Å². The molecule has 5 nitrogen and oxygen atoms in total. The van der Waals surface area contributed by atoms with Gasteiger partial charge in [-0.25, -0.2) is 4.79 Å². The van der Waals surface area contributed by atoms with E-state index in [-0.39, 0.29) is 11.7 Å². The third-order valence-electron chi connectivity index (χ3n) is 3.74. The van der Waals surface area contributed by atoms with Crippen molar-refractivity contribution in [2.24, 2.45) is 0 Å². The van der Waals surface area contributed by atoms with E-state index in [4.69, 9.17) is 4.74 Å². The molecule has 0 atom stereocenters. The summed E-state index contributed by atoms with van der Waals surface area (Å²) in [6.45, 7) is 0.341. The van der Waals surface area contributed by atoms with Crippen molar-refractivity contribution in [3.63, 3.8) is 0 Å². The van der Waals surface area contributed by atoms with Gasteiger partial charge < -0.3 is 9.84 Å². The highest BCUT2D eigenvalue weighted by Gasteiger charge is 2.25. The van der Waals surface area contributed by atoms with Crippen LogP contribution in [0.1, 0.15) is 34.9 Å². The van der Waals surface area contributed by atoms with E-state index < -0.39 is 5.97 Å². The zero-order valence-electron chi connectivity index (χ0n) is 12.1. The minimum Gasteiger partial charge on any atom is -0.485 e. The fraction of sp³-hybridized carbons (Fsp3) is 0.375. The molecule has 2 aromatic rings. The first-order valence-corrected chi connectivity index (χ1v) is 8.46. The van der Waals surface area contributed by atoms with E-state index in [2.05, 4.69) is 5.10 Å². The Balaban J connectivity index is 1.79. The molecule has 1 aliphatic rings. The molecule has 1 aromatic carbocycles. The molecule has 1 aromatic heterocycles. The Kier molecular flexibility index (Phi) is 4.68. The summed E-state index contributed by atoms with van der Waals surface area (Å²) in [5.41, 5.74) is 1.16. The summed E-state index contributed by atoms with van der Waals surface area (Å²) < 4.78 is 7.31. The second kappa shape index (κ2) is 6.87. The minimum absolute atomic E-state index is 0.154. The summed E-state index contributed by atoms with van der Waals surface area (Å²) in [5.74, 6) is 1.45. The number of aromatic nitrogens is 2. The number of hydrogen-bond acceptors (Lipinski definition) is 4. The Labute approximate surface area is 133 Å². The molecular weight excluding hydrogens is 300 g/mol. The van der Waals surface area contributed by atoms with Crippen molar-refractivity contribution >= 4 is 17.7 Å². The second-order valence-corrected chi connectivity index (χ2v) is 6.45. The molecule has 0 bridgehead atoms. The van der Waals surface area contributed by atoms with Crippen molar-refractivity contribution in [1.82, 2.24) is 9.78 Å². The first kappa shape index (κ1) is 15.0. The van der Waals surface area contributed by atoms with Crippen molar-refractivity contribution in [1.29, 1.82) is 0 Å². The lowest BCUT2D eigenvalue weighted by atomic mass is 10.1. The average molecular weight is 318 g/mol. The van der Waals surface area contributed by atoms with Gasteiger partial charge in [-0.1, -0.05) is 30.3 Å². The van der Waals surface area contributed by atoms with Crippen LogP contribution >= 0.6 is 11.8 Å². The van der Waals surface area contributed by atoms with Crippen molar-refractivity contribution in [3.8, 4) is 5.75 Å². The van der Waals surface area contributed by atoms with Crippen LogP contribution in [0.5, 0.6) is 5.75 Å². The highest BCUT2D eigenvalue weighted by atomic mass is 32.2. The molecule has 3 rings (SSSR count). The van der Waals surface area contributed by atoms with Crippen LogP contribution in [0.3, 0.4) is 0 Å². The number of carboxylic acids is 1. The lowest BCUT2D eigenvalue weighted by molar-refractivity contribution is 0.0674. The number of nitrogens with zero attached hydrogens (tertiary/aromatic N) is 2. The van der Waals surface area contributed by atoms with Crippen LogP contribution in [0.4, 0.5) is 0 Å². The molecule has 0 aliphatic carbocycles. The maximum Gasteiger partial charge on any atom is 0.358 e. The van der Waals surface area contributed by atoms with Crippen LogP contribution < -0.4 is 4.74 Å². The number of benzene rings is 1. The SMILES string of the molecule is O=C(O)c1c(OCc2ccccc2)cnn1C1CCSCC1. The lowest BCUT2D eigenvalue weighted by Crippen LogP contribution is -2.21. The third-order valence-corrected chi connectivity index (χ3v) is 4.79. The van der Waals surface area contributed by atoms with Crippen LogP contribution in [0.15, 0.2) is 36.5 Å². The Morgan fingerprint density at radius 3 is 2.73 bits per heavy atom. The van der Waals surface area contributed by atoms with Gasteiger partial charge in [-0.2, -0.15) is 16.9 Å². The predicted molar refractivity (Wildman–Crippen MR) is 85.6 cm³/mol. The average Bonchev–Trinajstić information content (AvgIpc) is 2.99. The van der Waals surface area contributed by atoms with Gasteiger partial charge in [-0.3, -0.25) is 4.68 Å². The minimum atomic E-state index is -0.987. The lowest BCUT2D eigenvalue weighted by Gasteiger charge is -2.22. The van der Waals surface area contributed by atoms with E-state index >= 15 is 0 Å². The summed E-state index contributed by atoms with van der Waals surface area (Å²) in [7, 11) is 0. The van der Waals surface area contributed by atoms with Crippen molar-refractivity contribution in [2.45, 2.75) is 25.5 Å². The third kappa shape index (κ3) is 3.27. The van der Waals surface area contributed by atoms with Gasteiger partial charge in [-0.05, 0) is 29.9 Å². The Morgan fingerprint density at radius 1 is 1.32 bits per heavy atom. The van der Waals surface area contributed by atoms with E-state index in [0.29, 0.717) is 12.4 Å². The van der Waals surface area contributed by atoms with Gasteiger partial charge in [0.25, 0.3) is 0 Å². The molecule has 2 heterocycles. The maximum absolute atomic E-state index is 11.6. The van der Waals surface area contributed by atoms with Crippen LogP contribution in [0, 0.1) is 0 Å². The summed E-state index contributed by atoms with van der Waals surface area (Å²) in [5, 5.41) is 13.8. The molecule has 116 valence electrons. The molecule has 1 saturated heterocycles. The molecule has 1 aliphatic heterocycles. The predicted octanol–water partition coefficient (Wildman–Crippen LogP) is 3.23. The molecule has 1 N–H and O–H groups in total.